The van der Waals surface area contributed by atoms with E-state index in [0.717, 1.165) is 25.9 Å². The van der Waals surface area contributed by atoms with Crippen molar-refractivity contribution in [3.8, 4) is 0 Å². The molecule has 0 bridgehead atoms. The molecule has 1 aliphatic rings. The van der Waals surface area contributed by atoms with Gasteiger partial charge in [-0.3, -0.25) is 4.79 Å². The van der Waals surface area contributed by atoms with Gasteiger partial charge in [-0.15, -0.1) is 0 Å². The van der Waals surface area contributed by atoms with Crippen LogP contribution in [-0.2, 0) is 9.05 Å². The van der Waals surface area contributed by atoms with Crippen molar-refractivity contribution in [2.75, 3.05) is 32.1 Å². The average molecular weight is 317 g/mol. The van der Waals surface area contributed by atoms with Gasteiger partial charge >= 0.3 is 0 Å². The molecule has 0 saturated carbocycles. The molecule has 5 nitrogen and oxygen atoms in total. The van der Waals surface area contributed by atoms with Crippen LogP contribution >= 0.6 is 10.7 Å². The van der Waals surface area contributed by atoms with Crippen LogP contribution in [0.2, 0.25) is 0 Å². The lowest BCUT2D eigenvalue weighted by atomic mass is 10.1. The summed E-state index contributed by atoms with van der Waals surface area (Å²) in [4.78, 5) is 15.6. The van der Waals surface area contributed by atoms with Crippen molar-refractivity contribution in [3.05, 3.63) is 23.8 Å². The first kappa shape index (κ1) is 15.1. The van der Waals surface area contributed by atoms with Gasteiger partial charge in [-0.2, -0.15) is 0 Å². The lowest BCUT2D eigenvalue weighted by Crippen LogP contribution is -2.27. The molecule has 1 aromatic rings. The molecule has 20 heavy (non-hydrogen) atoms. The summed E-state index contributed by atoms with van der Waals surface area (Å²) in [5.74, 6) is -0.144. The number of anilines is 1. The number of nitrogens with zero attached hydrogens (tertiary/aromatic N) is 2. The molecule has 1 aromatic carbocycles. The molecule has 0 aliphatic carbocycles. The van der Waals surface area contributed by atoms with Crippen LogP contribution in [0.1, 0.15) is 23.2 Å². The molecule has 110 valence electrons. The summed E-state index contributed by atoms with van der Waals surface area (Å²) >= 11 is 0. The molecular formula is C13H17ClN2O3S. The lowest BCUT2D eigenvalue weighted by Gasteiger charge is -2.19. The summed E-state index contributed by atoms with van der Waals surface area (Å²) in [6.45, 7) is 1.44. The largest absolute Gasteiger partial charge is 0.377 e. The van der Waals surface area contributed by atoms with E-state index in [-0.39, 0.29) is 10.8 Å². The van der Waals surface area contributed by atoms with Gasteiger partial charge in [-0.05, 0) is 31.0 Å². The first-order valence-corrected chi connectivity index (χ1v) is 8.67. The smallest absolute Gasteiger partial charge is 0.263 e. The molecule has 1 saturated heterocycles. The van der Waals surface area contributed by atoms with E-state index in [2.05, 4.69) is 0 Å². The number of likely N-dealkylation sites (tertiary alicyclic amines) is 1. The number of carbonyl (C=O) groups excluding carboxylic acids is 1. The molecule has 0 N–H and O–H groups in total. The third kappa shape index (κ3) is 3.07. The average Bonchev–Trinajstić information content (AvgIpc) is 2.89. The Labute approximate surface area is 123 Å². The van der Waals surface area contributed by atoms with Gasteiger partial charge in [0.2, 0.25) is 0 Å². The van der Waals surface area contributed by atoms with Crippen molar-refractivity contribution in [3.63, 3.8) is 0 Å². The highest BCUT2D eigenvalue weighted by Crippen LogP contribution is 2.28. The van der Waals surface area contributed by atoms with Crippen molar-refractivity contribution in [1.29, 1.82) is 0 Å². The highest BCUT2D eigenvalue weighted by Gasteiger charge is 2.23. The maximum absolute atomic E-state index is 12.3. The van der Waals surface area contributed by atoms with E-state index >= 15 is 0 Å². The molecule has 1 fully saturated rings. The molecule has 1 aliphatic heterocycles. The molecule has 1 heterocycles. The standard InChI is InChI=1S/C13H17ClN2O3S/c1-15(2)11-6-5-10(9-12(11)20(14,18)19)13(17)16-7-3-4-8-16/h5-6,9H,3-4,7-8H2,1-2H3. The summed E-state index contributed by atoms with van der Waals surface area (Å²) < 4.78 is 23.3. The summed E-state index contributed by atoms with van der Waals surface area (Å²) in [7, 11) is 5.02. The fourth-order valence-corrected chi connectivity index (χ4v) is 3.45. The van der Waals surface area contributed by atoms with E-state index in [0.29, 0.717) is 11.3 Å². The Bertz CT molecular complexity index is 623. The Morgan fingerprint density at radius 2 is 1.85 bits per heavy atom. The molecule has 0 radical (unpaired) electrons. The fraction of sp³-hybridized carbons (Fsp3) is 0.462. The Balaban J connectivity index is 2.44. The zero-order valence-corrected chi connectivity index (χ0v) is 13.0. The van der Waals surface area contributed by atoms with Crippen LogP contribution < -0.4 is 4.90 Å². The van der Waals surface area contributed by atoms with Crippen LogP contribution in [0.3, 0.4) is 0 Å². The van der Waals surface area contributed by atoms with E-state index in [1.54, 1.807) is 36.0 Å². The number of rotatable bonds is 3. The number of hydrogen-bond donors (Lipinski definition) is 0. The molecule has 1 amide bonds. The van der Waals surface area contributed by atoms with Gasteiger partial charge in [0.15, 0.2) is 0 Å². The molecule has 0 spiro atoms. The second-order valence-corrected chi connectivity index (χ2v) is 7.55. The van der Waals surface area contributed by atoms with Gasteiger partial charge in [-0.25, -0.2) is 8.42 Å². The van der Waals surface area contributed by atoms with Gasteiger partial charge in [-0.1, -0.05) is 0 Å². The molecule has 7 heteroatoms. The minimum atomic E-state index is -3.90. The van der Waals surface area contributed by atoms with Gasteiger partial charge < -0.3 is 9.80 Å². The van der Waals surface area contributed by atoms with E-state index in [9.17, 15) is 13.2 Å². The molecular weight excluding hydrogens is 300 g/mol. The number of benzene rings is 1. The summed E-state index contributed by atoms with van der Waals surface area (Å²) in [6.07, 6.45) is 1.98. The zero-order chi connectivity index (χ0) is 14.9. The van der Waals surface area contributed by atoms with Crippen LogP contribution in [0.25, 0.3) is 0 Å². The minimum absolute atomic E-state index is 0.0331. The van der Waals surface area contributed by atoms with Crippen molar-refractivity contribution < 1.29 is 13.2 Å². The minimum Gasteiger partial charge on any atom is -0.377 e. The molecule has 0 atom stereocenters. The lowest BCUT2D eigenvalue weighted by molar-refractivity contribution is 0.0792. The predicted molar refractivity (Wildman–Crippen MR) is 78.9 cm³/mol. The summed E-state index contributed by atoms with van der Waals surface area (Å²) in [6, 6.07) is 4.61. The second-order valence-electron chi connectivity index (χ2n) is 5.01. The van der Waals surface area contributed by atoms with E-state index < -0.39 is 9.05 Å². The fourth-order valence-electron chi connectivity index (χ4n) is 2.31. The van der Waals surface area contributed by atoms with Gasteiger partial charge in [0, 0.05) is 43.4 Å². The third-order valence-corrected chi connectivity index (χ3v) is 4.70. The first-order chi connectivity index (χ1) is 9.30. The second kappa shape index (κ2) is 5.61. The SMILES string of the molecule is CN(C)c1ccc(C(=O)N2CCCC2)cc1S(=O)(=O)Cl. The van der Waals surface area contributed by atoms with Gasteiger partial charge in [0.1, 0.15) is 4.90 Å². The number of halogens is 1. The van der Waals surface area contributed by atoms with Crippen molar-refractivity contribution in [1.82, 2.24) is 4.90 Å². The molecule has 0 aromatic heterocycles. The quantitative estimate of drug-likeness (QED) is 0.799. The Morgan fingerprint density at radius 3 is 2.35 bits per heavy atom. The third-order valence-electron chi connectivity index (χ3n) is 3.34. The van der Waals surface area contributed by atoms with Crippen LogP contribution in [0, 0.1) is 0 Å². The summed E-state index contributed by atoms with van der Waals surface area (Å²) in [5, 5.41) is 0. The van der Waals surface area contributed by atoms with Crippen LogP contribution in [-0.4, -0.2) is 46.4 Å². The molecule has 0 unspecified atom stereocenters. The number of hydrogen-bond acceptors (Lipinski definition) is 4. The zero-order valence-electron chi connectivity index (χ0n) is 11.5. The Morgan fingerprint density at radius 1 is 1.25 bits per heavy atom. The van der Waals surface area contributed by atoms with Crippen molar-refractivity contribution >= 4 is 31.3 Å². The monoisotopic (exact) mass is 316 g/mol. The maximum atomic E-state index is 12.3. The van der Waals surface area contributed by atoms with E-state index in [1.165, 1.54) is 6.07 Å². The van der Waals surface area contributed by atoms with Gasteiger partial charge in [0.05, 0.1) is 5.69 Å². The van der Waals surface area contributed by atoms with E-state index in [1.807, 2.05) is 0 Å². The van der Waals surface area contributed by atoms with Gasteiger partial charge in [0.25, 0.3) is 15.0 Å². The number of amides is 1. The molecule has 2 rings (SSSR count). The van der Waals surface area contributed by atoms with Crippen molar-refractivity contribution in [2.24, 2.45) is 0 Å². The Kier molecular flexibility index (Phi) is 4.25. The highest BCUT2D eigenvalue weighted by molar-refractivity contribution is 8.13. The van der Waals surface area contributed by atoms with Crippen LogP contribution in [0.4, 0.5) is 5.69 Å². The first-order valence-electron chi connectivity index (χ1n) is 6.36. The van der Waals surface area contributed by atoms with Crippen molar-refractivity contribution in [2.45, 2.75) is 17.7 Å². The topological polar surface area (TPSA) is 57.7 Å². The maximum Gasteiger partial charge on any atom is 0.263 e. The predicted octanol–water partition coefficient (Wildman–Crippen LogP) is 1.92. The van der Waals surface area contributed by atoms with E-state index in [4.69, 9.17) is 10.7 Å². The highest BCUT2D eigenvalue weighted by atomic mass is 35.7. The normalized spacial score (nSPS) is 15.4. The van der Waals surface area contributed by atoms with Crippen LogP contribution in [0.15, 0.2) is 23.1 Å². The Hall–Kier alpha value is -1.27. The number of carbonyl (C=O) groups is 1. The van der Waals surface area contributed by atoms with Crippen LogP contribution in [0.5, 0.6) is 0 Å². The summed E-state index contributed by atoms with van der Waals surface area (Å²) in [5.41, 5.74) is 0.828.